The molecule has 1 heterocycles. The molecule has 0 unspecified atom stereocenters. The van der Waals surface area contributed by atoms with Gasteiger partial charge < -0.3 is 11.1 Å². The van der Waals surface area contributed by atoms with E-state index in [-0.39, 0.29) is 5.91 Å². The second-order valence-electron chi connectivity index (χ2n) is 4.49. The van der Waals surface area contributed by atoms with E-state index in [1.807, 2.05) is 30.3 Å². The summed E-state index contributed by atoms with van der Waals surface area (Å²) in [6.07, 6.45) is 2.90. The van der Waals surface area contributed by atoms with Crippen molar-refractivity contribution in [3.8, 4) is 0 Å². The van der Waals surface area contributed by atoms with Crippen LogP contribution in [0.15, 0.2) is 48.7 Å². The topological polar surface area (TPSA) is 68.0 Å². The number of nitrogens with zero attached hydrogens (tertiary/aromatic N) is 1. The molecule has 4 nitrogen and oxygen atoms in total. The van der Waals surface area contributed by atoms with E-state index in [1.165, 1.54) is 11.8 Å². The number of nitrogens with two attached hydrogens (primary N) is 1. The molecule has 0 aliphatic rings. The number of halogens is 1. The Morgan fingerprint density at radius 2 is 2.05 bits per heavy atom. The van der Waals surface area contributed by atoms with Crippen LogP contribution < -0.4 is 11.1 Å². The Kier molecular flexibility index (Phi) is 5.09. The zero-order chi connectivity index (χ0) is 14.4. The van der Waals surface area contributed by atoms with Crippen molar-refractivity contribution in [1.29, 1.82) is 0 Å². The van der Waals surface area contributed by atoms with Crippen LogP contribution in [0.25, 0.3) is 0 Å². The molecular weight excluding hydrogens is 274 g/mol. The average Bonchev–Trinajstić information content (AvgIpc) is 2.46. The summed E-state index contributed by atoms with van der Waals surface area (Å²) in [5.74, 6) is -0.219. The molecule has 0 fully saturated rings. The number of rotatable bonds is 5. The summed E-state index contributed by atoms with van der Waals surface area (Å²) in [7, 11) is 0. The first-order chi connectivity index (χ1) is 9.65. The van der Waals surface area contributed by atoms with Crippen LogP contribution in [-0.2, 0) is 11.2 Å². The molecule has 5 heteroatoms. The van der Waals surface area contributed by atoms with Crippen LogP contribution in [0, 0.1) is 0 Å². The molecule has 2 aromatic rings. The SMILES string of the molecule is N[C@@H](CCc1ccccc1)C(=O)Nc1ccnc(Cl)c1. The number of aryl methyl sites for hydroxylation is 1. The standard InChI is InChI=1S/C15H16ClN3O/c16-14-10-12(8-9-18-14)19-15(20)13(17)7-6-11-4-2-1-3-5-11/h1-5,8-10,13H,6-7,17H2,(H,18,19,20)/t13-/m0/s1. The van der Waals surface area contributed by atoms with Crippen LogP contribution in [0.2, 0.25) is 5.15 Å². The zero-order valence-corrected chi connectivity index (χ0v) is 11.7. The summed E-state index contributed by atoms with van der Waals surface area (Å²) in [5.41, 5.74) is 7.66. The number of hydrogen-bond acceptors (Lipinski definition) is 3. The van der Waals surface area contributed by atoms with Crippen molar-refractivity contribution in [1.82, 2.24) is 4.98 Å². The van der Waals surface area contributed by atoms with Gasteiger partial charge in [-0.25, -0.2) is 4.98 Å². The van der Waals surface area contributed by atoms with Crippen molar-refractivity contribution in [2.24, 2.45) is 5.73 Å². The third kappa shape index (κ3) is 4.33. The van der Waals surface area contributed by atoms with Gasteiger partial charge in [-0.05, 0) is 30.5 Å². The van der Waals surface area contributed by atoms with E-state index in [0.29, 0.717) is 17.3 Å². The van der Waals surface area contributed by atoms with Crippen molar-refractivity contribution >= 4 is 23.2 Å². The lowest BCUT2D eigenvalue weighted by Gasteiger charge is -2.12. The number of carbonyl (C=O) groups is 1. The van der Waals surface area contributed by atoms with Crippen molar-refractivity contribution in [3.05, 3.63) is 59.4 Å². The van der Waals surface area contributed by atoms with Crippen LogP contribution in [0.3, 0.4) is 0 Å². The summed E-state index contributed by atoms with van der Waals surface area (Å²) in [6, 6.07) is 12.7. The Balaban J connectivity index is 1.86. The molecule has 2 rings (SSSR count). The minimum absolute atomic E-state index is 0.219. The number of anilines is 1. The first-order valence-electron chi connectivity index (χ1n) is 6.37. The molecule has 0 radical (unpaired) electrons. The molecule has 0 spiro atoms. The Hall–Kier alpha value is -1.91. The number of aromatic nitrogens is 1. The smallest absolute Gasteiger partial charge is 0.241 e. The van der Waals surface area contributed by atoms with Gasteiger partial charge in [0.1, 0.15) is 5.15 Å². The number of benzene rings is 1. The number of amides is 1. The van der Waals surface area contributed by atoms with E-state index >= 15 is 0 Å². The molecule has 1 amide bonds. The summed E-state index contributed by atoms with van der Waals surface area (Å²) < 4.78 is 0. The quantitative estimate of drug-likeness (QED) is 0.832. The second kappa shape index (κ2) is 7.03. The fourth-order valence-corrected chi connectivity index (χ4v) is 1.99. The molecule has 0 aliphatic heterocycles. The third-order valence-corrected chi connectivity index (χ3v) is 3.12. The first kappa shape index (κ1) is 14.5. The normalized spacial score (nSPS) is 11.9. The Morgan fingerprint density at radius 1 is 1.30 bits per heavy atom. The van der Waals surface area contributed by atoms with Gasteiger partial charge >= 0.3 is 0 Å². The highest BCUT2D eigenvalue weighted by atomic mass is 35.5. The highest BCUT2D eigenvalue weighted by molar-refractivity contribution is 6.29. The van der Waals surface area contributed by atoms with E-state index in [2.05, 4.69) is 10.3 Å². The predicted octanol–water partition coefficient (Wildman–Crippen LogP) is 2.63. The molecule has 0 saturated carbocycles. The van der Waals surface area contributed by atoms with Gasteiger partial charge in [-0.15, -0.1) is 0 Å². The van der Waals surface area contributed by atoms with E-state index in [4.69, 9.17) is 17.3 Å². The van der Waals surface area contributed by atoms with Gasteiger partial charge in [0.15, 0.2) is 0 Å². The monoisotopic (exact) mass is 289 g/mol. The maximum absolute atomic E-state index is 11.9. The fourth-order valence-electron chi connectivity index (χ4n) is 1.81. The molecule has 0 aliphatic carbocycles. The van der Waals surface area contributed by atoms with Gasteiger partial charge in [0.05, 0.1) is 6.04 Å². The van der Waals surface area contributed by atoms with Crippen LogP contribution in [0.1, 0.15) is 12.0 Å². The van der Waals surface area contributed by atoms with Crippen LogP contribution >= 0.6 is 11.6 Å². The Bertz CT molecular complexity index is 574. The highest BCUT2D eigenvalue weighted by Gasteiger charge is 2.13. The minimum atomic E-state index is -0.554. The Labute approximate surface area is 123 Å². The summed E-state index contributed by atoms with van der Waals surface area (Å²) in [6.45, 7) is 0. The molecule has 0 saturated heterocycles. The second-order valence-corrected chi connectivity index (χ2v) is 4.87. The number of hydrogen-bond donors (Lipinski definition) is 2. The lowest BCUT2D eigenvalue weighted by atomic mass is 10.1. The van der Waals surface area contributed by atoms with Crippen molar-refractivity contribution in [2.75, 3.05) is 5.32 Å². The summed E-state index contributed by atoms with van der Waals surface area (Å²) >= 11 is 5.76. The average molecular weight is 290 g/mol. The molecular formula is C15H16ClN3O. The summed E-state index contributed by atoms with van der Waals surface area (Å²) in [4.78, 5) is 15.8. The van der Waals surface area contributed by atoms with Crippen molar-refractivity contribution in [2.45, 2.75) is 18.9 Å². The van der Waals surface area contributed by atoms with Gasteiger partial charge in [0, 0.05) is 11.9 Å². The summed E-state index contributed by atoms with van der Waals surface area (Å²) in [5, 5.41) is 3.06. The van der Waals surface area contributed by atoms with Gasteiger partial charge in [-0.3, -0.25) is 4.79 Å². The van der Waals surface area contributed by atoms with Gasteiger partial charge in [-0.1, -0.05) is 41.9 Å². The van der Waals surface area contributed by atoms with Crippen LogP contribution in [0.4, 0.5) is 5.69 Å². The van der Waals surface area contributed by atoms with Crippen molar-refractivity contribution in [3.63, 3.8) is 0 Å². The molecule has 104 valence electrons. The molecule has 1 atom stereocenters. The first-order valence-corrected chi connectivity index (χ1v) is 6.75. The van der Waals surface area contributed by atoms with E-state index < -0.39 is 6.04 Å². The molecule has 1 aromatic heterocycles. The zero-order valence-electron chi connectivity index (χ0n) is 10.9. The number of carbonyl (C=O) groups excluding carboxylic acids is 1. The molecule has 1 aromatic carbocycles. The van der Waals surface area contributed by atoms with Gasteiger partial charge in [0.2, 0.25) is 5.91 Å². The highest BCUT2D eigenvalue weighted by Crippen LogP contribution is 2.12. The van der Waals surface area contributed by atoms with E-state index in [0.717, 1.165) is 6.42 Å². The molecule has 0 bridgehead atoms. The van der Waals surface area contributed by atoms with Crippen molar-refractivity contribution < 1.29 is 4.79 Å². The number of nitrogens with one attached hydrogen (secondary N) is 1. The van der Waals surface area contributed by atoms with E-state index in [9.17, 15) is 4.79 Å². The Morgan fingerprint density at radius 3 is 2.75 bits per heavy atom. The minimum Gasteiger partial charge on any atom is -0.325 e. The van der Waals surface area contributed by atoms with Crippen LogP contribution in [0.5, 0.6) is 0 Å². The molecule has 3 N–H and O–H groups in total. The lowest BCUT2D eigenvalue weighted by molar-refractivity contribution is -0.117. The van der Waals surface area contributed by atoms with Gasteiger partial charge in [-0.2, -0.15) is 0 Å². The maximum atomic E-state index is 11.9. The van der Waals surface area contributed by atoms with Gasteiger partial charge in [0.25, 0.3) is 0 Å². The van der Waals surface area contributed by atoms with E-state index in [1.54, 1.807) is 12.1 Å². The number of pyridine rings is 1. The maximum Gasteiger partial charge on any atom is 0.241 e. The molecule has 20 heavy (non-hydrogen) atoms. The van der Waals surface area contributed by atoms with Crippen LogP contribution in [-0.4, -0.2) is 16.9 Å². The fraction of sp³-hybridized carbons (Fsp3) is 0.200. The third-order valence-electron chi connectivity index (χ3n) is 2.92. The lowest BCUT2D eigenvalue weighted by Crippen LogP contribution is -2.36. The predicted molar refractivity (Wildman–Crippen MR) is 80.6 cm³/mol. The largest absolute Gasteiger partial charge is 0.325 e.